The molecule has 1 aliphatic heterocycles. The highest BCUT2D eigenvalue weighted by molar-refractivity contribution is 5.99. The first-order chi connectivity index (χ1) is 10.0. The molecule has 1 aromatic carbocycles. The number of hydrogen-bond donors (Lipinski definition) is 1. The number of anilines is 1. The minimum absolute atomic E-state index is 0.0801. The molecule has 0 fully saturated rings. The molecule has 1 aromatic rings. The Morgan fingerprint density at radius 3 is 2.90 bits per heavy atom. The summed E-state index contributed by atoms with van der Waals surface area (Å²) in [5.41, 5.74) is 0.896. The highest BCUT2D eigenvalue weighted by Crippen LogP contribution is 2.28. The van der Waals surface area contributed by atoms with Crippen molar-refractivity contribution in [2.24, 2.45) is 0 Å². The molecule has 1 aliphatic rings. The fourth-order valence-corrected chi connectivity index (χ4v) is 1.90. The quantitative estimate of drug-likeness (QED) is 0.824. The van der Waals surface area contributed by atoms with Crippen molar-refractivity contribution in [2.75, 3.05) is 32.1 Å². The van der Waals surface area contributed by atoms with Gasteiger partial charge < -0.3 is 19.7 Å². The smallest absolute Gasteiger partial charge is 0.325 e. The number of benzene rings is 1. The van der Waals surface area contributed by atoms with Crippen molar-refractivity contribution < 1.29 is 23.9 Å². The number of carbonyl (C=O) groups excluding carboxylic acids is 3. The summed E-state index contributed by atoms with van der Waals surface area (Å²) in [6, 6.07) is 4.70. The molecular formula is C14H16N2O5. The van der Waals surface area contributed by atoms with Crippen LogP contribution >= 0.6 is 0 Å². The first kappa shape index (κ1) is 14.8. The first-order valence-electron chi connectivity index (χ1n) is 6.49. The number of nitrogens with one attached hydrogen (secondary N) is 1. The molecule has 2 amide bonds. The Morgan fingerprint density at radius 1 is 1.43 bits per heavy atom. The van der Waals surface area contributed by atoms with Crippen molar-refractivity contribution in [2.45, 2.75) is 6.92 Å². The summed E-state index contributed by atoms with van der Waals surface area (Å²) >= 11 is 0. The first-order valence-corrected chi connectivity index (χ1v) is 6.49. The number of likely N-dealkylation sites (N-methyl/N-ethyl adjacent to an activating group) is 1. The van der Waals surface area contributed by atoms with Crippen molar-refractivity contribution in [1.29, 1.82) is 0 Å². The molecular weight excluding hydrogens is 276 g/mol. The molecule has 0 radical (unpaired) electrons. The molecule has 2 rings (SSSR count). The number of ether oxygens (including phenoxy) is 2. The number of rotatable bonds is 4. The van der Waals surface area contributed by atoms with Gasteiger partial charge in [0.05, 0.1) is 12.3 Å². The van der Waals surface area contributed by atoms with Gasteiger partial charge in [-0.25, -0.2) is 0 Å². The number of nitrogens with zero attached hydrogens (tertiary/aromatic N) is 1. The van der Waals surface area contributed by atoms with Crippen molar-refractivity contribution in [3.8, 4) is 5.75 Å². The van der Waals surface area contributed by atoms with Crippen LogP contribution in [0.2, 0.25) is 0 Å². The van der Waals surface area contributed by atoms with Crippen LogP contribution in [-0.4, -0.2) is 49.5 Å². The zero-order chi connectivity index (χ0) is 15.4. The molecule has 0 atom stereocenters. The molecule has 21 heavy (non-hydrogen) atoms. The highest BCUT2D eigenvalue weighted by Gasteiger charge is 2.20. The summed E-state index contributed by atoms with van der Waals surface area (Å²) in [4.78, 5) is 36.0. The lowest BCUT2D eigenvalue weighted by Crippen LogP contribution is -2.33. The Bertz CT molecular complexity index is 585. The maximum atomic E-state index is 12.2. The molecule has 0 spiro atoms. The maximum absolute atomic E-state index is 12.2. The molecule has 1 heterocycles. The third-order valence-electron chi connectivity index (χ3n) is 2.88. The summed E-state index contributed by atoms with van der Waals surface area (Å²) in [5.74, 6) is -0.591. The van der Waals surface area contributed by atoms with Crippen LogP contribution in [0.1, 0.15) is 17.3 Å². The third-order valence-corrected chi connectivity index (χ3v) is 2.88. The predicted molar refractivity (Wildman–Crippen MR) is 74.2 cm³/mol. The summed E-state index contributed by atoms with van der Waals surface area (Å²) in [6.07, 6.45) is 0. The van der Waals surface area contributed by atoms with E-state index < -0.39 is 5.97 Å². The topological polar surface area (TPSA) is 84.9 Å². The van der Waals surface area contributed by atoms with Gasteiger partial charge >= 0.3 is 5.97 Å². The third kappa shape index (κ3) is 3.50. The summed E-state index contributed by atoms with van der Waals surface area (Å²) < 4.78 is 10.0. The number of fused-ring (bicyclic) bond motifs is 1. The largest absolute Gasteiger partial charge is 0.482 e. The highest BCUT2D eigenvalue weighted by atomic mass is 16.5. The van der Waals surface area contributed by atoms with Gasteiger partial charge in [0, 0.05) is 12.6 Å². The fourth-order valence-electron chi connectivity index (χ4n) is 1.90. The SMILES string of the molecule is CCOC(=O)CN(C)C(=O)c1ccc2c(c1)OCC(=O)N2. The Kier molecular flexibility index (Phi) is 4.42. The molecule has 7 nitrogen and oxygen atoms in total. The molecule has 7 heteroatoms. The van der Waals surface area contributed by atoms with Crippen LogP contribution in [0.4, 0.5) is 5.69 Å². The maximum Gasteiger partial charge on any atom is 0.325 e. The number of amides is 2. The van der Waals surface area contributed by atoms with Crippen molar-refractivity contribution >= 4 is 23.5 Å². The second kappa shape index (κ2) is 6.25. The zero-order valence-corrected chi connectivity index (χ0v) is 11.8. The lowest BCUT2D eigenvalue weighted by molar-refractivity contribution is -0.143. The van der Waals surface area contributed by atoms with E-state index in [0.29, 0.717) is 17.0 Å². The van der Waals surface area contributed by atoms with Gasteiger partial charge in [0.2, 0.25) is 0 Å². The predicted octanol–water partition coefficient (Wildman–Crippen LogP) is 0.653. The average Bonchev–Trinajstić information content (AvgIpc) is 2.46. The lowest BCUT2D eigenvalue weighted by Gasteiger charge is -2.20. The molecule has 0 aromatic heterocycles. The van der Waals surface area contributed by atoms with E-state index in [1.807, 2.05) is 0 Å². The number of carbonyl (C=O) groups is 3. The summed E-state index contributed by atoms with van der Waals surface area (Å²) in [5, 5.41) is 2.64. The molecule has 1 N–H and O–H groups in total. The van der Waals surface area contributed by atoms with Gasteiger partial charge in [-0.1, -0.05) is 0 Å². The van der Waals surface area contributed by atoms with Crippen molar-refractivity contribution in [3.63, 3.8) is 0 Å². The fraction of sp³-hybridized carbons (Fsp3) is 0.357. The molecule has 0 aliphatic carbocycles. The van der Waals surface area contributed by atoms with Gasteiger partial charge in [0.1, 0.15) is 12.3 Å². The van der Waals surface area contributed by atoms with Crippen LogP contribution in [0.25, 0.3) is 0 Å². The van der Waals surface area contributed by atoms with Gasteiger partial charge in [-0.05, 0) is 25.1 Å². The second-order valence-electron chi connectivity index (χ2n) is 4.51. The van der Waals surface area contributed by atoms with Gasteiger partial charge in [0.15, 0.2) is 6.61 Å². The lowest BCUT2D eigenvalue weighted by atomic mass is 10.1. The van der Waals surface area contributed by atoms with Gasteiger partial charge in [-0.2, -0.15) is 0 Å². The van der Waals surface area contributed by atoms with E-state index >= 15 is 0 Å². The van der Waals surface area contributed by atoms with E-state index in [1.165, 1.54) is 11.9 Å². The van der Waals surface area contributed by atoms with Gasteiger partial charge in [0.25, 0.3) is 11.8 Å². The van der Waals surface area contributed by atoms with E-state index in [0.717, 1.165) is 0 Å². The van der Waals surface area contributed by atoms with E-state index in [4.69, 9.17) is 9.47 Å². The van der Waals surface area contributed by atoms with Crippen molar-refractivity contribution in [3.05, 3.63) is 23.8 Å². The average molecular weight is 292 g/mol. The molecule has 0 unspecified atom stereocenters. The van der Waals surface area contributed by atoms with Crippen molar-refractivity contribution in [1.82, 2.24) is 4.90 Å². The van der Waals surface area contributed by atoms with E-state index in [1.54, 1.807) is 25.1 Å². The van der Waals surface area contributed by atoms with Gasteiger partial charge in [-0.15, -0.1) is 0 Å². The van der Waals surface area contributed by atoms with Gasteiger partial charge in [-0.3, -0.25) is 14.4 Å². The minimum Gasteiger partial charge on any atom is -0.482 e. The molecule has 112 valence electrons. The van der Waals surface area contributed by atoms with E-state index in [2.05, 4.69) is 5.32 Å². The van der Waals surface area contributed by atoms with Crippen LogP contribution in [0.5, 0.6) is 5.75 Å². The van der Waals surface area contributed by atoms with E-state index in [-0.39, 0.29) is 31.6 Å². The summed E-state index contributed by atoms with van der Waals surface area (Å²) in [7, 11) is 1.52. The molecule has 0 saturated carbocycles. The number of esters is 1. The molecule has 0 saturated heterocycles. The zero-order valence-electron chi connectivity index (χ0n) is 11.8. The second-order valence-corrected chi connectivity index (χ2v) is 4.51. The minimum atomic E-state index is -0.463. The van der Waals surface area contributed by atoms with Crippen LogP contribution in [0, 0.1) is 0 Å². The Morgan fingerprint density at radius 2 is 2.19 bits per heavy atom. The Balaban J connectivity index is 2.09. The summed E-state index contributed by atoms with van der Waals surface area (Å²) in [6.45, 7) is 1.77. The van der Waals surface area contributed by atoms with Crippen LogP contribution in [0.3, 0.4) is 0 Å². The van der Waals surface area contributed by atoms with Crippen LogP contribution < -0.4 is 10.1 Å². The monoisotopic (exact) mass is 292 g/mol. The van der Waals surface area contributed by atoms with Crippen LogP contribution in [0.15, 0.2) is 18.2 Å². The van der Waals surface area contributed by atoms with Crippen LogP contribution in [-0.2, 0) is 14.3 Å². The standard InChI is InChI=1S/C14H16N2O5/c1-3-20-13(18)7-16(2)14(19)9-4-5-10-11(6-9)21-8-12(17)15-10/h4-6H,3,7-8H2,1-2H3,(H,15,17). The number of hydrogen-bond acceptors (Lipinski definition) is 5. The molecule has 0 bridgehead atoms. The Hall–Kier alpha value is -2.57. The normalized spacial score (nSPS) is 12.8. The Labute approximate surface area is 121 Å². The van der Waals surface area contributed by atoms with E-state index in [9.17, 15) is 14.4 Å².